The number of nitrogens with zero attached hydrogens (tertiary/aromatic N) is 1. The number of carbonyl (C=O) groups is 1. The van der Waals surface area contributed by atoms with E-state index in [1.54, 1.807) is 0 Å². The van der Waals surface area contributed by atoms with Crippen LogP contribution in [0.2, 0.25) is 0 Å². The number of rotatable bonds is 1. The molecular formula is C21H17NO3. The minimum Gasteiger partial charge on any atom is -0.486 e. The second-order valence-corrected chi connectivity index (χ2v) is 6.66. The Morgan fingerprint density at radius 3 is 2.68 bits per heavy atom. The van der Waals surface area contributed by atoms with E-state index < -0.39 is 5.72 Å². The van der Waals surface area contributed by atoms with Gasteiger partial charge in [0.15, 0.2) is 0 Å². The lowest BCUT2D eigenvalue weighted by molar-refractivity contribution is -0.127. The smallest absolute Gasteiger partial charge is 0.230 e. The molecule has 4 heteroatoms. The average Bonchev–Trinajstić information content (AvgIpc) is 2.65. The Bertz CT molecular complexity index is 999. The van der Waals surface area contributed by atoms with Crippen molar-refractivity contribution in [2.45, 2.75) is 18.6 Å². The highest BCUT2D eigenvalue weighted by atomic mass is 16.5. The Kier molecular flexibility index (Phi) is 2.94. The topological polar surface area (TPSA) is 49.8 Å². The van der Waals surface area contributed by atoms with E-state index in [-0.39, 0.29) is 12.5 Å². The zero-order valence-electron chi connectivity index (χ0n) is 13.6. The molecule has 4 nitrogen and oxygen atoms in total. The Balaban J connectivity index is 1.72. The summed E-state index contributed by atoms with van der Waals surface area (Å²) in [5.41, 5.74) is 0.920. The molecule has 0 aromatic heterocycles. The fraction of sp³-hybridized carbons (Fsp3) is 0.190. The highest BCUT2D eigenvalue weighted by Gasteiger charge is 2.48. The van der Waals surface area contributed by atoms with E-state index in [1.807, 2.05) is 60.7 Å². The predicted molar refractivity (Wildman–Crippen MR) is 95.6 cm³/mol. The average molecular weight is 331 g/mol. The van der Waals surface area contributed by atoms with Crippen LogP contribution >= 0.6 is 0 Å². The van der Waals surface area contributed by atoms with Crippen molar-refractivity contribution < 1.29 is 14.6 Å². The number of hydrogen-bond donors (Lipinski definition) is 1. The van der Waals surface area contributed by atoms with Crippen molar-refractivity contribution in [2.24, 2.45) is 0 Å². The first-order valence-corrected chi connectivity index (χ1v) is 8.46. The maximum Gasteiger partial charge on any atom is 0.230 e. The monoisotopic (exact) mass is 331 g/mol. The minimum atomic E-state index is -1.50. The van der Waals surface area contributed by atoms with Gasteiger partial charge in [-0.3, -0.25) is 9.69 Å². The molecule has 3 aromatic rings. The second-order valence-electron chi connectivity index (χ2n) is 6.66. The standard InChI is InChI=1S/C21H17NO3/c23-19-11-9-15-6-3-7-18-20(15)22(19)21(24,13-25-18)17-10-8-14-4-1-2-5-16(14)12-17/h1-8,10,12,24H,9,11,13H2. The molecule has 1 atom stereocenters. The third kappa shape index (κ3) is 2.01. The fourth-order valence-corrected chi connectivity index (χ4v) is 3.90. The predicted octanol–water partition coefficient (Wildman–Crippen LogP) is 3.36. The van der Waals surface area contributed by atoms with Gasteiger partial charge in [-0.15, -0.1) is 0 Å². The van der Waals surface area contributed by atoms with Crippen molar-refractivity contribution in [1.29, 1.82) is 0 Å². The first-order chi connectivity index (χ1) is 12.2. The summed E-state index contributed by atoms with van der Waals surface area (Å²) in [5.74, 6) is 0.593. The van der Waals surface area contributed by atoms with E-state index >= 15 is 0 Å². The largest absolute Gasteiger partial charge is 0.486 e. The number of amides is 1. The highest BCUT2D eigenvalue weighted by Crippen LogP contribution is 2.46. The molecule has 2 heterocycles. The number of fused-ring (bicyclic) bond motifs is 1. The lowest BCUT2D eigenvalue weighted by Gasteiger charge is -2.46. The molecule has 124 valence electrons. The molecule has 0 aliphatic carbocycles. The Morgan fingerprint density at radius 1 is 0.960 bits per heavy atom. The van der Waals surface area contributed by atoms with Crippen LogP contribution < -0.4 is 9.64 Å². The molecular weight excluding hydrogens is 314 g/mol. The van der Waals surface area contributed by atoms with Gasteiger partial charge in [0, 0.05) is 12.0 Å². The van der Waals surface area contributed by atoms with Crippen molar-refractivity contribution >= 4 is 22.4 Å². The summed E-state index contributed by atoms with van der Waals surface area (Å²) in [6, 6.07) is 19.5. The van der Waals surface area contributed by atoms with Crippen LogP contribution in [0.5, 0.6) is 5.75 Å². The molecule has 0 saturated heterocycles. The molecule has 3 aromatic carbocycles. The molecule has 0 spiro atoms. The van der Waals surface area contributed by atoms with E-state index in [2.05, 4.69) is 0 Å². The van der Waals surface area contributed by atoms with Crippen LogP contribution in [0, 0.1) is 0 Å². The van der Waals surface area contributed by atoms with Gasteiger partial charge in [-0.2, -0.15) is 0 Å². The molecule has 0 bridgehead atoms. The molecule has 2 aliphatic heterocycles. The van der Waals surface area contributed by atoms with Gasteiger partial charge in [-0.05, 0) is 34.9 Å². The maximum absolute atomic E-state index is 12.7. The fourth-order valence-electron chi connectivity index (χ4n) is 3.90. The Morgan fingerprint density at radius 2 is 1.80 bits per heavy atom. The third-order valence-electron chi connectivity index (χ3n) is 5.17. The Hall–Kier alpha value is -2.85. The Labute approximate surface area is 145 Å². The van der Waals surface area contributed by atoms with Crippen molar-refractivity contribution in [2.75, 3.05) is 11.5 Å². The third-order valence-corrected chi connectivity index (χ3v) is 5.17. The van der Waals surface area contributed by atoms with Gasteiger partial charge >= 0.3 is 0 Å². The van der Waals surface area contributed by atoms with Crippen LogP contribution in [0.3, 0.4) is 0 Å². The molecule has 0 fully saturated rings. The lowest BCUT2D eigenvalue weighted by atomic mass is 9.91. The van der Waals surface area contributed by atoms with Crippen molar-refractivity contribution in [3.63, 3.8) is 0 Å². The summed E-state index contributed by atoms with van der Waals surface area (Å²) in [4.78, 5) is 14.3. The SMILES string of the molecule is O=C1CCc2cccc3c2N1C(O)(c1ccc2ccccc2c1)CO3. The van der Waals surface area contributed by atoms with Crippen molar-refractivity contribution in [3.05, 3.63) is 71.8 Å². The van der Waals surface area contributed by atoms with E-state index in [4.69, 9.17) is 4.74 Å². The summed E-state index contributed by atoms with van der Waals surface area (Å²) < 4.78 is 5.86. The summed E-state index contributed by atoms with van der Waals surface area (Å²) in [7, 11) is 0. The van der Waals surface area contributed by atoms with Gasteiger partial charge in [0.25, 0.3) is 0 Å². The highest BCUT2D eigenvalue weighted by molar-refractivity contribution is 6.00. The molecule has 1 unspecified atom stereocenters. The van der Waals surface area contributed by atoms with Gasteiger partial charge in [0.1, 0.15) is 12.4 Å². The van der Waals surface area contributed by atoms with Gasteiger partial charge in [-0.1, -0.05) is 48.5 Å². The van der Waals surface area contributed by atoms with Gasteiger partial charge < -0.3 is 9.84 Å². The van der Waals surface area contributed by atoms with Gasteiger partial charge in [-0.25, -0.2) is 0 Å². The molecule has 0 saturated carbocycles. The first kappa shape index (κ1) is 14.5. The van der Waals surface area contributed by atoms with Crippen molar-refractivity contribution in [1.82, 2.24) is 0 Å². The van der Waals surface area contributed by atoms with Gasteiger partial charge in [0.05, 0.1) is 5.69 Å². The number of benzene rings is 3. The molecule has 0 radical (unpaired) electrons. The van der Waals surface area contributed by atoms with Gasteiger partial charge in [0.2, 0.25) is 11.6 Å². The maximum atomic E-state index is 12.7. The number of carbonyl (C=O) groups excluding carboxylic acids is 1. The van der Waals surface area contributed by atoms with Crippen LogP contribution in [-0.4, -0.2) is 17.6 Å². The van der Waals surface area contributed by atoms with Crippen molar-refractivity contribution in [3.8, 4) is 5.75 Å². The van der Waals surface area contributed by atoms with Crippen LogP contribution in [-0.2, 0) is 16.9 Å². The van der Waals surface area contributed by atoms with Crippen LogP contribution in [0.25, 0.3) is 10.8 Å². The summed E-state index contributed by atoms with van der Waals surface area (Å²) in [6.07, 6.45) is 1.07. The summed E-state index contributed by atoms with van der Waals surface area (Å²) in [5, 5.41) is 13.6. The zero-order valence-corrected chi connectivity index (χ0v) is 13.6. The number of hydrogen-bond acceptors (Lipinski definition) is 3. The molecule has 5 rings (SSSR count). The van der Waals surface area contributed by atoms with E-state index in [1.165, 1.54) is 4.90 Å². The molecule has 25 heavy (non-hydrogen) atoms. The number of anilines is 1. The summed E-state index contributed by atoms with van der Waals surface area (Å²) in [6.45, 7) is 0.0214. The van der Waals surface area contributed by atoms with Crippen LogP contribution in [0.15, 0.2) is 60.7 Å². The number of aliphatic hydroxyl groups is 1. The first-order valence-electron chi connectivity index (χ1n) is 8.46. The quantitative estimate of drug-likeness (QED) is 0.744. The van der Waals surface area contributed by atoms with E-state index in [0.717, 1.165) is 16.3 Å². The molecule has 2 aliphatic rings. The number of para-hydroxylation sites is 1. The zero-order chi connectivity index (χ0) is 17.0. The summed E-state index contributed by atoms with van der Waals surface area (Å²) >= 11 is 0. The molecule has 1 amide bonds. The molecule has 1 N–H and O–H groups in total. The van der Waals surface area contributed by atoms with E-state index in [0.29, 0.717) is 29.8 Å². The van der Waals surface area contributed by atoms with Crippen LogP contribution in [0.1, 0.15) is 17.5 Å². The normalized spacial score (nSPS) is 21.8. The lowest BCUT2D eigenvalue weighted by Crippen LogP contribution is -2.57. The minimum absolute atomic E-state index is 0.0214. The van der Waals surface area contributed by atoms with E-state index in [9.17, 15) is 9.90 Å². The second kappa shape index (κ2) is 5.07. The van der Waals surface area contributed by atoms with Crippen LogP contribution in [0.4, 0.5) is 5.69 Å². The number of aryl methyl sites for hydroxylation is 1. The number of ether oxygens (including phenoxy) is 1.